The molecular weight excluding hydrogens is 124 g/mol. The second-order valence-electron chi connectivity index (χ2n) is 3.20. The lowest BCUT2D eigenvalue weighted by molar-refractivity contribution is 0.193. The molecule has 1 N–H and O–H groups in total. The zero-order chi connectivity index (χ0) is 7.56. The van der Waals surface area contributed by atoms with E-state index in [1.165, 1.54) is 6.42 Å². The Morgan fingerprint density at radius 2 is 2.30 bits per heavy atom. The molecule has 3 unspecified atom stereocenters. The van der Waals surface area contributed by atoms with E-state index in [-0.39, 0.29) is 6.10 Å². The van der Waals surface area contributed by atoms with Crippen molar-refractivity contribution in [2.45, 2.75) is 32.8 Å². The summed E-state index contributed by atoms with van der Waals surface area (Å²) >= 11 is 0. The number of hydrogen-bond donors (Lipinski definition) is 1. The van der Waals surface area contributed by atoms with Crippen LogP contribution in [0.2, 0.25) is 0 Å². The Hall–Kier alpha value is -0.300. The molecule has 1 aliphatic rings. The van der Waals surface area contributed by atoms with Crippen LogP contribution in [0.1, 0.15) is 26.7 Å². The van der Waals surface area contributed by atoms with E-state index in [2.05, 4.69) is 13.8 Å². The van der Waals surface area contributed by atoms with Crippen LogP contribution >= 0.6 is 0 Å². The Bertz CT molecular complexity index is 129. The fourth-order valence-electron chi connectivity index (χ4n) is 1.24. The summed E-state index contributed by atoms with van der Waals surface area (Å²) in [6.45, 7) is 4.27. The Morgan fingerprint density at radius 1 is 1.70 bits per heavy atom. The molecule has 1 saturated carbocycles. The van der Waals surface area contributed by atoms with Crippen LogP contribution in [0, 0.1) is 11.8 Å². The average molecular weight is 140 g/mol. The van der Waals surface area contributed by atoms with E-state index < -0.39 is 0 Å². The van der Waals surface area contributed by atoms with Gasteiger partial charge in [-0.05, 0) is 24.7 Å². The van der Waals surface area contributed by atoms with Crippen LogP contribution in [0.15, 0.2) is 12.2 Å². The SMILES string of the molecule is CCC=CC(O)C1CC1C. The molecule has 0 bridgehead atoms. The van der Waals surface area contributed by atoms with Gasteiger partial charge in [-0.25, -0.2) is 0 Å². The molecule has 0 radical (unpaired) electrons. The van der Waals surface area contributed by atoms with Crippen LogP contribution in [-0.4, -0.2) is 11.2 Å². The highest BCUT2D eigenvalue weighted by Crippen LogP contribution is 2.40. The van der Waals surface area contributed by atoms with E-state index in [1.54, 1.807) is 0 Å². The van der Waals surface area contributed by atoms with Gasteiger partial charge in [-0.15, -0.1) is 0 Å². The Labute approximate surface area is 62.8 Å². The van der Waals surface area contributed by atoms with E-state index in [4.69, 9.17) is 0 Å². The Morgan fingerprint density at radius 3 is 2.70 bits per heavy atom. The van der Waals surface area contributed by atoms with Crippen LogP contribution in [-0.2, 0) is 0 Å². The molecule has 3 atom stereocenters. The van der Waals surface area contributed by atoms with Gasteiger partial charge in [0.2, 0.25) is 0 Å². The van der Waals surface area contributed by atoms with Gasteiger partial charge in [-0.2, -0.15) is 0 Å². The van der Waals surface area contributed by atoms with Gasteiger partial charge in [0.25, 0.3) is 0 Å². The first-order valence-corrected chi connectivity index (χ1v) is 4.10. The second-order valence-corrected chi connectivity index (χ2v) is 3.20. The second kappa shape index (κ2) is 3.20. The number of aliphatic hydroxyl groups is 1. The number of rotatable bonds is 3. The van der Waals surface area contributed by atoms with Gasteiger partial charge >= 0.3 is 0 Å². The number of allylic oxidation sites excluding steroid dienone is 1. The van der Waals surface area contributed by atoms with Gasteiger partial charge < -0.3 is 5.11 Å². The molecule has 0 aromatic heterocycles. The quantitative estimate of drug-likeness (QED) is 0.594. The van der Waals surface area contributed by atoms with Crippen molar-refractivity contribution in [1.82, 2.24) is 0 Å². The largest absolute Gasteiger partial charge is 0.389 e. The first kappa shape index (κ1) is 7.80. The van der Waals surface area contributed by atoms with Gasteiger partial charge in [-0.3, -0.25) is 0 Å². The minimum absolute atomic E-state index is 0.171. The average Bonchev–Trinajstić information content (AvgIpc) is 2.62. The van der Waals surface area contributed by atoms with Crippen molar-refractivity contribution in [3.63, 3.8) is 0 Å². The number of aliphatic hydroxyl groups excluding tert-OH is 1. The van der Waals surface area contributed by atoms with Crippen LogP contribution in [0.4, 0.5) is 0 Å². The molecule has 1 nitrogen and oxygen atoms in total. The van der Waals surface area contributed by atoms with Gasteiger partial charge in [0.1, 0.15) is 0 Å². The summed E-state index contributed by atoms with van der Waals surface area (Å²) in [5.41, 5.74) is 0. The van der Waals surface area contributed by atoms with Gasteiger partial charge in [0.05, 0.1) is 6.10 Å². The molecule has 1 rings (SSSR count). The lowest BCUT2D eigenvalue weighted by Gasteiger charge is -2.00. The Kier molecular flexibility index (Phi) is 2.50. The lowest BCUT2D eigenvalue weighted by Crippen LogP contribution is -2.05. The summed E-state index contributed by atoms with van der Waals surface area (Å²) in [6.07, 6.45) is 6.02. The highest BCUT2D eigenvalue weighted by molar-refractivity contribution is 4.99. The highest BCUT2D eigenvalue weighted by atomic mass is 16.3. The first-order chi connectivity index (χ1) is 4.75. The molecule has 10 heavy (non-hydrogen) atoms. The van der Waals surface area contributed by atoms with Crippen molar-refractivity contribution >= 4 is 0 Å². The van der Waals surface area contributed by atoms with Crippen molar-refractivity contribution < 1.29 is 5.11 Å². The predicted octanol–water partition coefficient (Wildman–Crippen LogP) is 1.97. The van der Waals surface area contributed by atoms with Crippen molar-refractivity contribution in [1.29, 1.82) is 0 Å². The summed E-state index contributed by atoms with van der Waals surface area (Å²) in [4.78, 5) is 0. The standard InChI is InChI=1S/C9H16O/c1-3-4-5-9(10)8-6-7(8)2/h4-5,7-10H,3,6H2,1-2H3. The molecule has 0 aliphatic heterocycles. The molecule has 0 aromatic rings. The maximum atomic E-state index is 9.40. The third-order valence-electron chi connectivity index (χ3n) is 2.18. The molecule has 58 valence electrons. The van der Waals surface area contributed by atoms with Crippen molar-refractivity contribution in [3.8, 4) is 0 Å². The molecular formula is C9H16O. The van der Waals surface area contributed by atoms with Crippen LogP contribution in [0.3, 0.4) is 0 Å². The topological polar surface area (TPSA) is 20.2 Å². The highest BCUT2D eigenvalue weighted by Gasteiger charge is 2.37. The Balaban J connectivity index is 2.22. The maximum absolute atomic E-state index is 9.40. The molecule has 1 fully saturated rings. The van der Waals surface area contributed by atoms with E-state index in [0.717, 1.165) is 12.3 Å². The fraction of sp³-hybridized carbons (Fsp3) is 0.778. The van der Waals surface area contributed by atoms with Gasteiger partial charge in [0, 0.05) is 0 Å². The summed E-state index contributed by atoms with van der Waals surface area (Å²) < 4.78 is 0. The smallest absolute Gasteiger partial charge is 0.0751 e. The summed E-state index contributed by atoms with van der Waals surface area (Å²) in [5, 5.41) is 9.40. The van der Waals surface area contributed by atoms with E-state index in [9.17, 15) is 5.11 Å². The van der Waals surface area contributed by atoms with Crippen LogP contribution < -0.4 is 0 Å². The molecule has 0 saturated heterocycles. The molecule has 0 spiro atoms. The monoisotopic (exact) mass is 140 g/mol. The zero-order valence-corrected chi connectivity index (χ0v) is 6.75. The minimum Gasteiger partial charge on any atom is -0.389 e. The van der Waals surface area contributed by atoms with Gasteiger partial charge in [0.15, 0.2) is 0 Å². The van der Waals surface area contributed by atoms with Crippen molar-refractivity contribution in [2.75, 3.05) is 0 Å². The van der Waals surface area contributed by atoms with E-state index in [0.29, 0.717) is 5.92 Å². The third-order valence-corrected chi connectivity index (χ3v) is 2.18. The predicted molar refractivity (Wildman–Crippen MR) is 42.7 cm³/mol. The zero-order valence-electron chi connectivity index (χ0n) is 6.75. The normalized spacial score (nSPS) is 34.7. The fourth-order valence-corrected chi connectivity index (χ4v) is 1.24. The minimum atomic E-state index is -0.171. The molecule has 0 amide bonds. The summed E-state index contributed by atoms with van der Waals surface area (Å²) in [7, 11) is 0. The van der Waals surface area contributed by atoms with Crippen LogP contribution in [0.25, 0.3) is 0 Å². The van der Waals surface area contributed by atoms with E-state index >= 15 is 0 Å². The molecule has 0 heterocycles. The third kappa shape index (κ3) is 1.84. The van der Waals surface area contributed by atoms with Crippen molar-refractivity contribution in [3.05, 3.63) is 12.2 Å². The molecule has 1 aliphatic carbocycles. The van der Waals surface area contributed by atoms with Gasteiger partial charge in [-0.1, -0.05) is 26.0 Å². The molecule has 1 heteroatoms. The lowest BCUT2D eigenvalue weighted by atomic mass is 10.2. The van der Waals surface area contributed by atoms with E-state index in [1.807, 2.05) is 12.2 Å². The first-order valence-electron chi connectivity index (χ1n) is 4.10. The maximum Gasteiger partial charge on any atom is 0.0751 e. The number of hydrogen-bond acceptors (Lipinski definition) is 1. The summed E-state index contributed by atoms with van der Waals surface area (Å²) in [5.74, 6) is 1.30. The van der Waals surface area contributed by atoms with Crippen LogP contribution in [0.5, 0.6) is 0 Å². The molecule has 0 aromatic carbocycles. The van der Waals surface area contributed by atoms with Crippen molar-refractivity contribution in [2.24, 2.45) is 11.8 Å². The summed E-state index contributed by atoms with van der Waals surface area (Å²) in [6, 6.07) is 0.